The van der Waals surface area contributed by atoms with Crippen molar-refractivity contribution in [3.8, 4) is 6.07 Å². The van der Waals surface area contributed by atoms with E-state index >= 15 is 0 Å². The zero-order valence-electron chi connectivity index (χ0n) is 9.30. The molecule has 0 aromatic carbocycles. The average molecular weight is 248 g/mol. The topological polar surface area (TPSA) is 107 Å². The molecule has 0 fully saturated rings. The summed E-state index contributed by atoms with van der Waals surface area (Å²) in [6.07, 6.45) is 0.102. The fourth-order valence-corrected chi connectivity index (χ4v) is 2.40. The number of carboxylic acids is 1. The van der Waals surface area contributed by atoms with E-state index in [2.05, 4.69) is 4.72 Å². The van der Waals surface area contributed by atoms with E-state index in [1.165, 1.54) is 0 Å². The van der Waals surface area contributed by atoms with Crippen molar-refractivity contribution in [2.24, 2.45) is 5.92 Å². The van der Waals surface area contributed by atoms with E-state index in [1.807, 2.05) is 0 Å². The number of carboxylic acid groups (broad SMARTS) is 1. The average Bonchev–Trinajstić information content (AvgIpc) is 2.15. The van der Waals surface area contributed by atoms with Crippen LogP contribution in [0.2, 0.25) is 0 Å². The van der Waals surface area contributed by atoms with Crippen LogP contribution in [0, 0.1) is 17.2 Å². The van der Waals surface area contributed by atoms with Gasteiger partial charge in [0.15, 0.2) is 5.25 Å². The van der Waals surface area contributed by atoms with E-state index < -0.39 is 21.2 Å². The van der Waals surface area contributed by atoms with Gasteiger partial charge >= 0.3 is 5.97 Å². The molecule has 92 valence electrons. The molecule has 0 spiro atoms. The monoisotopic (exact) mass is 248 g/mol. The van der Waals surface area contributed by atoms with Gasteiger partial charge in [-0.2, -0.15) is 5.26 Å². The molecular weight excluding hydrogens is 232 g/mol. The fraction of sp³-hybridized carbons (Fsp3) is 0.778. The zero-order chi connectivity index (χ0) is 12.8. The van der Waals surface area contributed by atoms with Gasteiger partial charge in [-0.05, 0) is 12.3 Å². The zero-order valence-corrected chi connectivity index (χ0v) is 10.1. The van der Waals surface area contributed by atoms with Gasteiger partial charge in [-0.25, -0.2) is 13.1 Å². The molecular formula is C9H16N2O4S. The summed E-state index contributed by atoms with van der Waals surface area (Å²) in [6.45, 7) is 3.27. The normalized spacial score (nSPS) is 15.1. The third kappa shape index (κ3) is 5.09. The highest BCUT2D eigenvalue weighted by Gasteiger charge is 2.23. The van der Waals surface area contributed by atoms with Crippen molar-refractivity contribution in [1.29, 1.82) is 5.26 Å². The third-order valence-corrected chi connectivity index (χ3v) is 3.80. The van der Waals surface area contributed by atoms with Crippen LogP contribution in [0.1, 0.15) is 26.7 Å². The van der Waals surface area contributed by atoms with Gasteiger partial charge in [-0.1, -0.05) is 13.8 Å². The Morgan fingerprint density at radius 2 is 2.12 bits per heavy atom. The van der Waals surface area contributed by atoms with Crippen LogP contribution < -0.4 is 4.72 Å². The SMILES string of the molecule is CCC(C#N)S(=O)(=O)NCC(C)CC(=O)O. The van der Waals surface area contributed by atoms with Crippen molar-refractivity contribution in [3.63, 3.8) is 0 Å². The van der Waals surface area contributed by atoms with Gasteiger partial charge in [0.05, 0.1) is 6.07 Å². The predicted octanol–water partition coefficient (Wildman–Crippen LogP) is 0.319. The van der Waals surface area contributed by atoms with Crippen molar-refractivity contribution in [1.82, 2.24) is 4.72 Å². The lowest BCUT2D eigenvalue weighted by Crippen LogP contribution is -2.36. The minimum Gasteiger partial charge on any atom is -0.481 e. The largest absolute Gasteiger partial charge is 0.481 e. The van der Waals surface area contributed by atoms with E-state index in [0.717, 1.165) is 0 Å². The van der Waals surface area contributed by atoms with Crippen LogP contribution in [0.15, 0.2) is 0 Å². The lowest BCUT2D eigenvalue weighted by molar-refractivity contribution is -0.137. The molecule has 0 saturated carbocycles. The summed E-state index contributed by atoms with van der Waals surface area (Å²) in [7, 11) is -3.66. The van der Waals surface area contributed by atoms with Gasteiger partial charge in [0, 0.05) is 13.0 Å². The molecule has 0 rings (SSSR count). The molecule has 0 aliphatic heterocycles. The van der Waals surface area contributed by atoms with Crippen molar-refractivity contribution in [2.45, 2.75) is 31.9 Å². The van der Waals surface area contributed by atoms with Crippen LogP contribution in [0.4, 0.5) is 0 Å². The Kier molecular flexibility index (Phi) is 6.00. The molecule has 0 aromatic heterocycles. The fourth-order valence-electron chi connectivity index (χ4n) is 1.11. The molecule has 7 heteroatoms. The number of hydrogen-bond donors (Lipinski definition) is 2. The number of hydrogen-bond acceptors (Lipinski definition) is 4. The van der Waals surface area contributed by atoms with E-state index in [4.69, 9.17) is 10.4 Å². The molecule has 6 nitrogen and oxygen atoms in total. The Labute approximate surface area is 95.3 Å². The van der Waals surface area contributed by atoms with Crippen molar-refractivity contribution in [3.05, 3.63) is 0 Å². The van der Waals surface area contributed by atoms with Gasteiger partial charge in [0.2, 0.25) is 10.0 Å². The maximum atomic E-state index is 11.5. The standard InChI is InChI=1S/C9H16N2O4S/c1-3-8(5-10)16(14,15)11-6-7(2)4-9(12)13/h7-8,11H,3-4,6H2,1-2H3,(H,12,13). The van der Waals surface area contributed by atoms with Crippen molar-refractivity contribution in [2.75, 3.05) is 6.54 Å². The maximum absolute atomic E-state index is 11.5. The van der Waals surface area contributed by atoms with Gasteiger partial charge in [0.1, 0.15) is 0 Å². The summed E-state index contributed by atoms with van der Waals surface area (Å²) >= 11 is 0. The predicted molar refractivity (Wildman–Crippen MR) is 58.0 cm³/mol. The number of rotatable bonds is 7. The van der Waals surface area contributed by atoms with Gasteiger partial charge < -0.3 is 5.11 Å². The third-order valence-electron chi connectivity index (χ3n) is 2.05. The molecule has 2 unspecified atom stereocenters. The molecule has 0 aliphatic carbocycles. The molecule has 0 aliphatic rings. The van der Waals surface area contributed by atoms with E-state index in [-0.39, 0.29) is 25.3 Å². The van der Waals surface area contributed by atoms with E-state index in [9.17, 15) is 13.2 Å². The number of sulfonamides is 1. The smallest absolute Gasteiger partial charge is 0.303 e. The second-order valence-corrected chi connectivity index (χ2v) is 5.57. The first kappa shape index (κ1) is 14.9. The molecule has 16 heavy (non-hydrogen) atoms. The lowest BCUT2D eigenvalue weighted by atomic mass is 10.1. The van der Waals surface area contributed by atoms with Gasteiger partial charge in [-0.3, -0.25) is 4.79 Å². The lowest BCUT2D eigenvalue weighted by Gasteiger charge is -2.13. The number of carbonyl (C=O) groups is 1. The Morgan fingerprint density at radius 3 is 2.50 bits per heavy atom. The maximum Gasteiger partial charge on any atom is 0.303 e. The molecule has 0 aromatic rings. The minimum atomic E-state index is -3.66. The van der Waals surface area contributed by atoms with Crippen molar-refractivity contribution >= 4 is 16.0 Å². The highest BCUT2D eigenvalue weighted by molar-refractivity contribution is 7.90. The van der Waals surface area contributed by atoms with E-state index in [1.54, 1.807) is 19.9 Å². The van der Waals surface area contributed by atoms with Gasteiger partial charge in [-0.15, -0.1) is 0 Å². The number of aliphatic carboxylic acids is 1. The summed E-state index contributed by atoms with van der Waals surface area (Å²) in [4.78, 5) is 10.4. The first-order chi connectivity index (χ1) is 7.33. The van der Waals surface area contributed by atoms with Crippen LogP contribution in [0.25, 0.3) is 0 Å². The van der Waals surface area contributed by atoms with Gasteiger partial charge in [0.25, 0.3) is 0 Å². The Balaban J connectivity index is 4.30. The second kappa shape index (κ2) is 6.45. The molecule has 0 heterocycles. The molecule has 0 radical (unpaired) electrons. The van der Waals surface area contributed by atoms with Crippen LogP contribution in [-0.4, -0.2) is 31.3 Å². The minimum absolute atomic E-state index is 0.0345. The molecule has 0 saturated heterocycles. The van der Waals surface area contributed by atoms with Crippen LogP contribution in [-0.2, 0) is 14.8 Å². The molecule has 2 atom stereocenters. The highest BCUT2D eigenvalue weighted by Crippen LogP contribution is 2.05. The Morgan fingerprint density at radius 1 is 1.56 bits per heavy atom. The first-order valence-electron chi connectivity index (χ1n) is 4.93. The first-order valence-corrected chi connectivity index (χ1v) is 6.48. The number of nitrogens with zero attached hydrogens (tertiary/aromatic N) is 1. The van der Waals surface area contributed by atoms with E-state index in [0.29, 0.717) is 0 Å². The quantitative estimate of drug-likeness (QED) is 0.674. The summed E-state index contributed by atoms with van der Waals surface area (Å²) < 4.78 is 25.3. The Bertz CT molecular complexity index is 371. The highest BCUT2D eigenvalue weighted by atomic mass is 32.2. The van der Waals surface area contributed by atoms with Crippen LogP contribution in [0.3, 0.4) is 0 Å². The van der Waals surface area contributed by atoms with Crippen molar-refractivity contribution < 1.29 is 18.3 Å². The summed E-state index contributed by atoms with van der Waals surface area (Å²) in [6, 6.07) is 1.69. The number of nitrogens with one attached hydrogen (secondary N) is 1. The molecule has 0 bridgehead atoms. The summed E-state index contributed by atoms with van der Waals surface area (Å²) in [5.74, 6) is -1.28. The second-order valence-electron chi connectivity index (χ2n) is 3.62. The number of nitriles is 1. The van der Waals surface area contributed by atoms with Crippen LogP contribution >= 0.6 is 0 Å². The molecule has 0 amide bonds. The molecule has 2 N–H and O–H groups in total. The summed E-state index contributed by atoms with van der Waals surface area (Å²) in [5, 5.41) is 16.0. The van der Waals surface area contributed by atoms with Crippen LogP contribution in [0.5, 0.6) is 0 Å². The summed E-state index contributed by atoms with van der Waals surface area (Å²) in [5.41, 5.74) is 0. The Hall–Kier alpha value is -1.13.